The molecule has 17 heavy (non-hydrogen) atoms. The lowest BCUT2D eigenvalue weighted by molar-refractivity contribution is 0.0684. The molecule has 92 valence electrons. The first kappa shape index (κ1) is 11.0. The van der Waals surface area contributed by atoms with E-state index in [4.69, 9.17) is 4.74 Å². The molecule has 0 saturated carbocycles. The fourth-order valence-electron chi connectivity index (χ4n) is 2.55. The van der Waals surface area contributed by atoms with Crippen molar-refractivity contribution < 1.29 is 14.6 Å². The molecule has 0 amide bonds. The number of nitrogens with zero attached hydrogens (tertiary/aromatic N) is 1. The largest absolute Gasteiger partial charge is 0.478 e. The lowest BCUT2D eigenvalue weighted by atomic mass is 10.1. The second kappa shape index (κ2) is 4.31. The summed E-state index contributed by atoms with van der Waals surface area (Å²) in [5.74, 6) is -0.810. The van der Waals surface area contributed by atoms with Crippen LogP contribution in [0.4, 0.5) is 5.00 Å². The molecule has 5 heteroatoms. The monoisotopic (exact) mass is 253 g/mol. The second-order valence-corrected chi connectivity index (χ2v) is 5.57. The highest BCUT2D eigenvalue weighted by Crippen LogP contribution is 2.39. The van der Waals surface area contributed by atoms with Gasteiger partial charge >= 0.3 is 5.97 Å². The van der Waals surface area contributed by atoms with Gasteiger partial charge in [-0.1, -0.05) is 0 Å². The molecule has 3 heterocycles. The van der Waals surface area contributed by atoms with E-state index in [2.05, 4.69) is 4.90 Å². The third kappa shape index (κ3) is 1.83. The first-order valence-corrected chi connectivity index (χ1v) is 6.79. The molecule has 0 radical (unpaired) electrons. The molecule has 1 aromatic rings. The molecule has 0 spiro atoms. The van der Waals surface area contributed by atoms with Crippen LogP contribution in [-0.2, 0) is 17.8 Å². The van der Waals surface area contributed by atoms with Crippen molar-refractivity contribution in [2.24, 2.45) is 0 Å². The van der Waals surface area contributed by atoms with Crippen molar-refractivity contribution >= 4 is 22.3 Å². The molecular formula is C12H15NO3S. The highest BCUT2D eigenvalue weighted by atomic mass is 32.1. The second-order valence-electron chi connectivity index (χ2n) is 4.49. The summed E-state index contributed by atoms with van der Waals surface area (Å²) >= 11 is 1.65. The molecule has 0 unspecified atom stereocenters. The van der Waals surface area contributed by atoms with Crippen molar-refractivity contribution in [1.82, 2.24) is 0 Å². The Kier molecular flexibility index (Phi) is 2.80. The van der Waals surface area contributed by atoms with Gasteiger partial charge in [0.2, 0.25) is 0 Å². The van der Waals surface area contributed by atoms with Gasteiger partial charge in [0.1, 0.15) is 5.00 Å². The van der Waals surface area contributed by atoms with E-state index in [0.717, 1.165) is 42.9 Å². The number of carbonyl (C=O) groups is 1. The van der Waals surface area contributed by atoms with Crippen molar-refractivity contribution in [3.8, 4) is 0 Å². The van der Waals surface area contributed by atoms with E-state index >= 15 is 0 Å². The molecule has 3 rings (SSSR count). The summed E-state index contributed by atoms with van der Waals surface area (Å²) in [5.41, 5.74) is 1.40. The molecule has 0 aliphatic carbocycles. The van der Waals surface area contributed by atoms with Crippen LogP contribution >= 0.6 is 11.3 Å². The SMILES string of the molecule is O=C(O)c1c(N2CCCC2)sc2c1COCC2. The zero-order chi connectivity index (χ0) is 11.8. The summed E-state index contributed by atoms with van der Waals surface area (Å²) in [6.45, 7) is 3.15. The number of carboxylic acids is 1. The van der Waals surface area contributed by atoms with Gasteiger partial charge in [-0.3, -0.25) is 0 Å². The van der Waals surface area contributed by atoms with Gasteiger partial charge in [0.05, 0.1) is 18.8 Å². The third-order valence-electron chi connectivity index (χ3n) is 3.40. The first-order chi connectivity index (χ1) is 8.27. The van der Waals surface area contributed by atoms with Crippen molar-refractivity contribution in [2.75, 3.05) is 24.6 Å². The number of anilines is 1. The van der Waals surface area contributed by atoms with Crippen molar-refractivity contribution in [3.63, 3.8) is 0 Å². The highest BCUT2D eigenvalue weighted by molar-refractivity contribution is 7.16. The van der Waals surface area contributed by atoms with Crippen LogP contribution in [0.3, 0.4) is 0 Å². The van der Waals surface area contributed by atoms with E-state index in [1.165, 1.54) is 4.88 Å². The zero-order valence-corrected chi connectivity index (χ0v) is 10.4. The third-order valence-corrected chi connectivity index (χ3v) is 4.75. The molecular weight excluding hydrogens is 238 g/mol. The van der Waals surface area contributed by atoms with Gasteiger partial charge in [-0.15, -0.1) is 11.3 Å². The minimum absolute atomic E-state index is 0.460. The Labute approximate surface area is 104 Å². The van der Waals surface area contributed by atoms with E-state index in [1.54, 1.807) is 11.3 Å². The fourth-order valence-corrected chi connectivity index (χ4v) is 3.88. The molecule has 0 atom stereocenters. The zero-order valence-electron chi connectivity index (χ0n) is 9.57. The number of ether oxygens (including phenoxy) is 1. The van der Waals surface area contributed by atoms with Crippen LogP contribution in [0.15, 0.2) is 0 Å². The van der Waals surface area contributed by atoms with Gasteiger partial charge in [-0.25, -0.2) is 4.79 Å². The first-order valence-electron chi connectivity index (χ1n) is 5.98. The van der Waals surface area contributed by atoms with E-state index in [9.17, 15) is 9.90 Å². The van der Waals surface area contributed by atoms with E-state index < -0.39 is 5.97 Å². The van der Waals surface area contributed by atoms with Crippen LogP contribution in [0.5, 0.6) is 0 Å². The maximum absolute atomic E-state index is 11.4. The van der Waals surface area contributed by atoms with Crippen molar-refractivity contribution in [2.45, 2.75) is 25.9 Å². The molecule has 0 aromatic carbocycles. The molecule has 1 fully saturated rings. The Morgan fingerprint density at radius 1 is 1.35 bits per heavy atom. The Balaban J connectivity index is 2.06. The predicted octanol–water partition coefficient (Wildman–Crippen LogP) is 2.12. The van der Waals surface area contributed by atoms with Crippen molar-refractivity contribution in [3.05, 3.63) is 16.0 Å². The molecule has 0 bridgehead atoms. The lowest BCUT2D eigenvalue weighted by Crippen LogP contribution is -2.19. The number of carboxylic acid groups (broad SMARTS) is 1. The maximum atomic E-state index is 11.4. The molecule has 4 nitrogen and oxygen atoms in total. The predicted molar refractivity (Wildman–Crippen MR) is 66.1 cm³/mol. The molecule has 1 saturated heterocycles. The average Bonchev–Trinajstić information content (AvgIpc) is 2.95. The number of hydrogen-bond donors (Lipinski definition) is 1. The minimum atomic E-state index is -0.810. The summed E-state index contributed by atoms with van der Waals surface area (Å²) < 4.78 is 5.39. The van der Waals surface area contributed by atoms with Crippen LogP contribution in [0.1, 0.15) is 33.6 Å². The van der Waals surface area contributed by atoms with Crippen LogP contribution in [-0.4, -0.2) is 30.8 Å². The fraction of sp³-hybridized carbons (Fsp3) is 0.583. The standard InChI is InChI=1S/C12H15NO3S/c14-12(15)10-8-7-16-6-3-9(8)17-11(10)13-4-1-2-5-13/h1-7H2,(H,14,15). The Morgan fingerprint density at radius 2 is 2.12 bits per heavy atom. The van der Waals surface area contributed by atoms with Gasteiger partial charge in [0.25, 0.3) is 0 Å². The molecule has 1 aromatic heterocycles. The summed E-state index contributed by atoms with van der Waals surface area (Å²) in [6, 6.07) is 0. The van der Waals surface area contributed by atoms with Crippen LogP contribution in [0.2, 0.25) is 0 Å². The Bertz CT molecular complexity index is 449. The summed E-state index contributed by atoms with van der Waals surface area (Å²) in [4.78, 5) is 14.9. The van der Waals surface area contributed by atoms with Crippen LogP contribution < -0.4 is 4.90 Å². The molecule has 2 aliphatic rings. The van der Waals surface area contributed by atoms with Crippen molar-refractivity contribution in [1.29, 1.82) is 0 Å². The summed E-state index contributed by atoms with van der Waals surface area (Å²) in [7, 11) is 0. The van der Waals surface area contributed by atoms with Gasteiger partial charge in [-0.2, -0.15) is 0 Å². The number of aromatic carboxylic acids is 1. The van der Waals surface area contributed by atoms with Gasteiger partial charge < -0.3 is 14.7 Å². The molecule has 2 aliphatic heterocycles. The molecule has 1 N–H and O–H groups in total. The topological polar surface area (TPSA) is 49.8 Å². The average molecular weight is 253 g/mol. The van der Waals surface area contributed by atoms with E-state index in [-0.39, 0.29) is 0 Å². The Morgan fingerprint density at radius 3 is 2.82 bits per heavy atom. The quantitative estimate of drug-likeness (QED) is 0.877. The maximum Gasteiger partial charge on any atom is 0.339 e. The summed E-state index contributed by atoms with van der Waals surface area (Å²) in [5, 5.41) is 10.3. The van der Waals surface area contributed by atoms with Crippen LogP contribution in [0, 0.1) is 0 Å². The van der Waals surface area contributed by atoms with Crippen LogP contribution in [0.25, 0.3) is 0 Å². The van der Waals surface area contributed by atoms with E-state index in [1.807, 2.05) is 0 Å². The van der Waals surface area contributed by atoms with E-state index in [0.29, 0.717) is 18.8 Å². The number of rotatable bonds is 2. The smallest absolute Gasteiger partial charge is 0.339 e. The van der Waals surface area contributed by atoms with Gasteiger partial charge in [0, 0.05) is 30.0 Å². The van der Waals surface area contributed by atoms with Gasteiger partial charge in [0.15, 0.2) is 0 Å². The normalized spacial score (nSPS) is 19.4. The number of fused-ring (bicyclic) bond motifs is 1. The van der Waals surface area contributed by atoms with Gasteiger partial charge in [-0.05, 0) is 12.8 Å². The Hall–Kier alpha value is -1.07. The number of thiophene rings is 1. The lowest BCUT2D eigenvalue weighted by Gasteiger charge is -2.16. The highest BCUT2D eigenvalue weighted by Gasteiger charge is 2.29. The number of hydrogen-bond acceptors (Lipinski definition) is 4. The minimum Gasteiger partial charge on any atom is -0.478 e. The summed E-state index contributed by atoms with van der Waals surface area (Å²) in [6.07, 6.45) is 3.18.